The Balaban J connectivity index is 2.25. The average molecular weight is 400 g/mol. The number of fused-ring (bicyclic) bond motifs is 1. The van der Waals surface area contributed by atoms with Crippen molar-refractivity contribution in [3.05, 3.63) is 53.6 Å². The van der Waals surface area contributed by atoms with Gasteiger partial charge < -0.3 is 15.7 Å². The van der Waals surface area contributed by atoms with Crippen LogP contribution in [0.1, 0.15) is 25.0 Å². The van der Waals surface area contributed by atoms with E-state index in [9.17, 15) is 0 Å². The van der Waals surface area contributed by atoms with Crippen molar-refractivity contribution < 1.29 is 0 Å². The molecule has 2 aromatic carbocycles. The Labute approximate surface area is 176 Å². The molecule has 0 fully saturated rings. The molecule has 0 amide bonds. The molecule has 0 radical (unpaired) electrons. The van der Waals surface area contributed by atoms with Crippen LogP contribution in [0.4, 0.5) is 17.1 Å². The number of nitrogens with one attached hydrogen (secondary N) is 4. The number of hydrogen-bond donors (Lipinski definition) is 4. The number of anilines is 3. The van der Waals surface area contributed by atoms with Gasteiger partial charge in [-0.3, -0.25) is 15.7 Å². The zero-order chi connectivity index (χ0) is 21.8. The molecule has 30 heavy (non-hydrogen) atoms. The molecule has 1 aliphatic rings. The Morgan fingerprint density at radius 1 is 1.23 bits per heavy atom. The maximum absolute atomic E-state index is 9.13. The largest absolute Gasteiger partial charge is 0.339 e. The zero-order valence-electron chi connectivity index (χ0n) is 17.2. The minimum atomic E-state index is -0.134. The molecule has 2 aromatic rings. The molecule has 8 nitrogen and oxygen atoms in total. The van der Waals surface area contributed by atoms with Gasteiger partial charge in [-0.1, -0.05) is 13.0 Å². The van der Waals surface area contributed by atoms with Crippen molar-refractivity contribution in [1.82, 2.24) is 5.43 Å². The number of amidine groups is 2. The second-order valence-corrected chi connectivity index (χ2v) is 7.04. The molecule has 1 aliphatic heterocycles. The highest BCUT2D eigenvalue weighted by atomic mass is 15.3. The third-order valence-corrected chi connectivity index (χ3v) is 4.98. The summed E-state index contributed by atoms with van der Waals surface area (Å²) in [7, 11) is 1.68. The third-order valence-electron chi connectivity index (χ3n) is 4.98. The molecular weight excluding hydrogens is 376 g/mol. The molecule has 0 aromatic heterocycles. The number of nitrogens with zero attached hydrogens (tertiary/aromatic N) is 4. The van der Waals surface area contributed by atoms with Crippen LogP contribution in [0.3, 0.4) is 0 Å². The zero-order valence-corrected chi connectivity index (χ0v) is 17.2. The van der Waals surface area contributed by atoms with E-state index in [0.717, 1.165) is 22.6 Å². The van der Waals surface area contributed by atoms with E-state index in [0.29, 0.717) is 23.7 Å². The Hall–Kier alpha value is -3.99. The van der Waals surface area contributed by atoms with Gasteiger partial charge in [0.2, 0.25) is 0 Å². The maximum Gasteiger partial charge on any atom is 0.111 e. The first kappa shape index (κ1) is 20.7. The fourth-order valence-electron chi connectivity index (χ4n) is 3.52. The van der Waals surface area contributed by atoms with Gasteiger partial charge in [0.25, 0.3) is 0 Å². The second kappa shape index (κ2) is 8.57. The Bertz CT molecular complexity index is 1060. The summed E-state index contributed by atoms with van der Waals surface area (Å²) in [5, 5.41) is 37.9. The molecule has 0 saturated carbocycles. The first-order valence-electron chi connectivity index (χ1n) is 9.52. The summed E-state index contributed by atoms with van der Waals surface area (Å²) in [6.45, 7) is 4.17. The van der Waals surface area contributed by atoms with Gasteiger partial charge in [-0.15, -0.1) is 0 Å². The minimum Gasteiger partial charge on any atom is -0.339 e. The molecule has 1 heterocycles. The van der Waals surface area contributed by atoms with Crippen LogP contribution >= 0.6 is 0 Å². The van der Waals surface area contributed by atoms with Crippen LogP contribution in [0.5, 0.6) is 0 Å². The van der Waals surface area contributed by atoms with Crippen LogP contribution in [0.15, 0.2) is 47.6 Å². The first-order valence-corrected chi connectivity index (χ1v) is 9.52. The molecular formula is C22H24N8. The average Bonchev–Trinajstić information content (AvgIpc) is 2.86. The van der Waals surface area contributed by atoms with Crippen LogP contribution in [-0.2, 0) is 0 Å². The summed E-state index contributed by atoms with van der Waals surface area (Å²) in [4.78, 5) is 3.73. The summed E-state index contributed by atoms with van der Waals surface area (Å²) in [5.41, 5.74) is 6.94. The van der Waals surface area contributed by atoms with Gasteiger partial charge in [0.05, 0.1) is 23.0 Å². The van der Waals surface area contributed by atoms with Gasteiger partial charge in [-0.05, 0) is 43.3 Å². The van der Waals surface area contributed by atoms with E-state index in [-0.39, 0.29) is 11.8 Å². The standard InChI is InChI=1S/C22H24N8/c1-14-13-29(18-7-4-16(11-23)5-8-18)21-10-17(19(12-24)28-27-3)6-9-20(21)30(15(2)25)22(14)26/h4-10,12,14,24-27H,13H2,1-3H3/b24-12?,25-15?,26-22?,28-19+. The molecule has 4 N–H and O–H groups in total. The first-order chi connectivity index (χ1) is 14.4. The SMILES string of the molecule is CN/N=C(\C=N)c1ccc2c(c1)N(c1ccc(C#N)cc1)CC(C)C(=N)N2C(C)=N. The lowest BCUT2D eigenvalue weighted by Gasteiger charge is -2.27. The molecule has 0 saturated heterocycles. The third kappa shape index (κ3) is 3.78. The second-order valence-electron chi connectivity index (χ2n) is 7.04. The van der Waals surface area contributed by atoms with E-state index >= 15 is 0 Å². The van der Waals surface area contributed by atoms with Crippen molar-refractivity contribution in [2.75, 3.05) is 23.4 Å². The van der Waals surface area contributed by atoms with Crippen molar-refractivity contribution in [3.8, 4) is 6.07 Å². The number of nitriles is 1. The lowest BCUT2D eigenvalue weighted by molar-refractivity contribution is 0.757. The lowest BCUT2D eigenvalue weighted by atomic mass is 10.1. The number of hydrogen-bond acceptors (Lipinski definition) is 7. The van der Waals surface area contributed by atoms with E-state index in [1.165, 1.54) is 6.21 Å². The number of hydrazone groups is 1. The van der Waals surface area contributed by atoms with Crippen LogP contribution in [0, 0.1) is 33.5 Å². The molecule has 1 unspecified atom stereocenters. The highest BCUT2D eigenvalue weighted by Crippen LogP contribution is 2.39. The van der Waals surface area contributed by atoms with Crippen LogP contribution in [0.25, 0.3) is 0 Å². The Kier molecular flexibility index (Phi) is 5.93. The van der Waals surface area contributed by atoms with E-state index in [1.54, 1.807) is 31.0 Å². The van der Waals surface area contributed by atoms with E-state index in [2.05, 4.69) is 21.5 Å². The van der Waals surface area contributed by atoms with Crippen molar-refractivity contribution in [3.63, 3.8) is 0 Å². The van der Waals surface area contributed by atoms with E-state index < -0.39 is 0 Å². The van der Waals surface area contributed by atoms with Gasteiger partial charge >= 0.3 is 0 Å². The normalized spacial score (nSPS) is 16.4. The van der Waals surface area contributed by atoms with Crippen molar-refractivity contribution in [2.24, 2.45) is 11.0 Å². The fraction of sp³-hybridized carbons (Fsp3) is 0.227. The maximum atomic E-state index is 9.13. The van der Waals surface area contributed by atoms with Crippen molar-refractivity contribution in [2.45, 2.75) is 13.8 Å². The summed E-state index contributed by atoms with van der Waals surface area (Å²) < 4.78 is 0. The highest BCUT2D eigenvalue weighted by molar-refractivity contribution is 6.37. The van der Waals surface area contributed by atoms with Crippen molar-refractivity contribution >= 4 is 40.7 Å². The van der Waals surface area contributed by atoms with Gasteiger partial charge in [0.1, 0.15) is 17.4 Å². The quantitative estimate of drug-likeness (QED) is 0.354. The van der Waals surface area contributed by atoms with Gasteiger partial charge in [-0.25, -0.2) is 0 Å². The van der Waals surface area contributed by atoms with Crippen LogP contribution < -0.4 is 15.2 Å². The lowest BCUT2D eigenvalue weighted by Crippen LogP contribution is -2.38. The van der Waals surface area contributed by atoms with Crippen molar-refractivity contribution in [1.29, 1.82) is 21.5 Å². The molecule has 3 rings (SSSR count). The molecule has 1 atom stereocenters. The smallest absolute Gasteiger partial charge is 0.111 e. The number of benzene rings is 2. The molecule has 8 heteroatoms. The molecule has 0 spiro atoms. The van der Waals surface area contributed by atoms with Gasteiger partial charge in [0.15, 0.2) is 0 Å². The Morgan fingerprint density at radius 2 is 1.93 bits per heavy atom. The molecule has 0 aliphatic carbocycles. The summed E-state index contributed by atoms with van der Waals surface area (Å²) in [5.74, 6) is 0.479. The summed E-state index contributed by atoms with van der Waals surface area (Å²) >= 11 is 0. The minimum absolute atomic E-state index is 0.134. The number of rotatable bonds is 4. The molecule has 152 valence electrons. The summed E-state index contributed by atoms with van der Waals surface area (Å²) in [6.07, 6.45) is 1.19. The van der Waals surface area contributed by atoms with Gasteiger partial charge in [0, 0.05) is 37.0 Å². The van der Waals surface area contributed by atoms with E-state index in [1.807, 2.05) is 37.3 Å². The highest BCUT2D eigenvalue weighted by Gasteiger charge is 2.31. The fourth-order valence-corrected chi connectivity index (χ4v) is 3.52. The van der Waals surface area contributed by atoms with E-state index in [4.69, 9.17) is 21.5 Å². The summed E-state index contributed by atoms with van der Waals surface area (Å²) in [6, 6.07) is 15.1. The predicted molar refractivity (Wildman–Crippen MR) is 122 cm³/mol. The predicted octanol–water partition coefficient (Wildman–Crippen LogP) is 3.70. The van der Waals surface area contributed by atoms with Gasteiger partial charge in [-0.2, -0.15) is 10.4 Å². The molecule has 0 bridgehead atoms. The monoisotopic (exact) mass is 400 g/mol. The van der Waals surface area contributed by atoms with Crippen LogP contribution in [-0.4, -0.2) is 37.2 Å². The van der Waals surface area contributed by atoms with Crippen LogP contribution in [0.2, 0.25) is 0 Å². The Morgan fingerprint density at radius 3 is 2.50 bits per heavy atom. The topological polar surface area (TPSA) is 126 Å².